The number of amides is 2. The number of carbonyl (C=O) groups is 1. The summed E-state index contributed by atoms with van der Waals surface area (Å²) in [5.41, 5.74) is 1.78. The molecule has 4 rings (SSSR count). The van der Waals surface area contributed by atoms with Crippen molar-refractivity contribution in [3.63, 3.8) is 0 Å². The van der Waals surface area contributed by atoms with E-state index >= 15 is 0 Å². The molecule has 1 fully saturated rings. The molecule has 3 heterocycles. The lowest BCUT2D eigenvalue weighted by Crippen LogP contribution is -2.49. The molecule has 2 N–H and O–H groups in total. The summed E-state index contributed by atoms with van der Waals surface area (Å²) in [6.07, 6.45) is 10.2. The van der Waals surface area contributed by atoms with Gasteiger partial charge in [0.25, 0.3) is 0 Å². The molecule has 1 aromatic carbocycles. The quantitative estimate of drug-likeness (QED) is 0.703. The fraction of sp³-hybridized carbons (Fsp3) is 0.316. The monoisotopic (exact) mass is 378 g/mol. The van der Waals surface area contributed by atoms with Crippen LogP contribution in [0.4, 0.5) is 16.3 Å². The number of anilines is 2. The van der Waals surface area contributed by atoms with Gasteiger partial charge in [0, 0.05) is 37.2 Å². The van der Waals surface area contributed by atoms with Crippen LogP contribution in [0.5, 0.6) is 0 Å². The molecule has 2 amide bonds. The molecule has 0 saturated carbocycles. The molecule has 0 spiro atoms. The SMILES string of the molecule is O=C(Nc1cccc(Cn2cncn2)c1)NC1CCCN(c2cnccn2)C1. The van der Waals surface area contributed by atoms with Crippen molar-refractivity contribution in [2.45, 2.75) is 25.4 Å². The third-order valence-corrected chi connectivity index (χ3v) is 4.63. The Labute approximate surface area is 162 Å². The van der Waals surface area contributed by atoms with Crippen LogP contribution in [-0.2, 0) is 6.54 Å². The number of hydrogen-bond acceptors (Lipinski definition) is 6. The van der Waals surface area contributed by atoms with Gasteiger partial charge in [-0.1, -0.05) is 12.1 Å². The minimum atomic E-state index is -0.205. The number of piperidine rings is 1. The molecule has 1 aliphatic heterocycles. The van der Waals surface area contributed by atoms with Crippen molar-refractivity contribution >= 4 is 17.5 Å². The van der Waals surface area contributed by atoms with Crippen LogP contribution < -0.4 is 15.5 Å². The van der Waals surface area contributed by atoms with Crippen LogP contribution >= 0.6 is 0 Å². The molecule has 0 radical (unpaired) electrons. The molecule has 28 heavy (non-hydrogen) atoms. The third kappa shape index (κ3) is 4.61. The van der Waals surface area contributed by atoms with Crippen molar-refractivity contribution in [1.82, 2.24) is 30.0 Å². The van der Waals surface area contributed by atoms with Crippen molar-refractivity contribution in [3.8, 4) is 0 Å². The van der Waals surface area contributed by atoms with Gasteiger partial charge in [-0.25, -0.2) is 19.4 Å². The lowest BCUT2D eigenvalue weighted by Gasteiger charge is -2.33. The molecule has 0 bridgehead atoms. The molecular weight excluding hydrogens is 356 g/mol. The summed E-state index contributed by atoms with van der Waals surface area (Å²) in [6, 6.07) is 7.58. The Bertz CT molecular complexity index is 899. The Morgan fingerprint density at radius 2 is 2.21 bits per heavy atom. The van der Waals surface area contributed by atoms with Crippen molar-refractivity contribution in [2.75, 3.05) is 23.3 Å². The van der Waals surface area contributed by atoms with Gasteiger partial charge in [-0.3, -0.25) is 4.98 Å². The van der Waals surface area contributed by atoms with E-state index in [0.29, 0.717) is 6.54 Å². The van der Waals surface area contributed by atoms with Gasteiger partial charge in [-0.2, -0.15) is 5.10 Å². The van der Waals surface area contributed by atoms with Crippen LogP contribution in [0.1, 0.15) is 18.4 Å². The maximum absolute atomic E-state index is 12.5. The zero-order valence-electron chi connectivity index (χ0n) is 15.4. The number of carbonyl (C=O) groups excluding carboxylic acids is 1. The zero-order chi connectivity index (χ0) is 19.2. The van der Waals surface area contributed by atoms with E-state index in [0.717, 1.165) is 43.0 Å². The lowest BCUT2D eigenvalue weighted by molar-refractivity contribution is 0.246. The normalized spacial score (nSPS) is 16.6. The molecular formula is C19H22N8O. The van der Waals surface area contributed by atoms with E-state index in [1.807, 2.05) is 24.3 Å². The second-order valence-electron chi connectivity index (χ2n) is 6.74. The summed E-state index contributed by atoms with van der Waals surface area (Å²) < 4.78 is 1.74. The molecule has 1 unspecified atom stereocenters. The predicted octanol–water partition coefficient (Wildman–Crippen LogP) is 1.91. The summed E-state index contributed by atoms with van der Waals surface area (Å²) in [5, 5.41) is 10.1. The van der Waals surface area contributed by atoms with E-state index in [-0.39, 0.29) is 12.1 Å². The number of rotatable bonds is 5. The van der Waals surface area contributed by atoms with E-state index in [4.69, 9.17) is 0 Å². The Hall–Kier alpha value is -3.49. The lowest BCUT2D eigenvalue weighted by atomic mass is 10.1. The largest absolute Gasteiger partial charge is 0.353 e. The molecule has 144 valence electrons. The first kappa shape index (κ1) is 17.9. The van der Waals surface area contributed by atoms with Gasteiger partial charge in [0.15, 0.2) is 0 Å². The number of aromatic nitrogens is 5. The van der Waals surface area contributed by atoms with E-state index < -0.39 is 0 Å². The fourth-order valence-corrected chi connectivity index (χ4v) is 3.36. The fourth-order valence-electron chi connectivity index (χ4n) is 3.36. The second-order valence-corrected chi connectivity index (χ2v) is 6.74. The maximum atomic E-state index is 12.5. The highest BCUT2D eigenvalue weighted by Gasteiger charge is 2.22. The number of nitrogens with one attached hydrogen (secondary N) is 2. The van der Waals surface area contributed by atoms with E-state index in [2.05, 4.69) is 35.6 Å². The van der Waals surface area contributed by atoms with Crippen LogP contribution in [0, 0.1) is 0 Å². The maximum Gasteiger partial charge on any atom is 0.319 e. The Balaban J connectivity index is 1.33. The van der Waals surface area contributed by atoms with Crippen LogP contribution in [0.3, 0.4) is 0 Å². The van der Waals surface area contributed by atoms with Gasteiger partial charge >= 0.3 is 6.03 Å². The number of urea groups is 1. The second kappa shape index (κ2) is 8.47. The number of hydrogen-bond donors (Lipinski definition) is 2. The highest BCUT2D eigenvalue weighted by Crippen LogP contribution is 2.17. The van der Waals surface area contributed by atoms with Gasteiger partial charge < -0.3 is 15.5 Å². The van der Waals surface area contributed by atoms with Gasteiger partial charge in [0.05, 0.1) is 12.7 Å². The van der Waals surface area contributed by atoms with Crippen LogP contribution in [-0.4, -0.2) is 49.9 Å². The number of benzene rings is 1. The standard InChI is InChI=1S/C19H22N8O/c28-19(24-16-4-1-3-15(9-16)11-27-14-21-13-23-27)25-17-5-2-8-26(12-17)18-10-20-6-7-22-18/h1,3-4,6-7,9-10,13-14,17H,2,5,8,11-12H2,(H2,24,25,28). The highest BCUT2D eigenvalue weighted by atomic mass is 16.2. The Kier molecular flexibility index (Phi) is 5.41. The summed E-state index contributed by atoms with van der Waals surface area (Å²) in [5.74, 6) is 0.843. The molecule has 1 saturated heterocycles. The molecule has 0 aliphatic carbocycles. The van der Waals surface area contributed by atoms with Crippen molar-refractivity contribution < 1.29 is 4.79 Å². The molecule has 9 nitrogen and oxygen atoms in total. The van der Waals surface area contributed by atoms with Gasteiger partial charge in [-0.15, -0.1) is 0 Å². The average molecular weight is 378 g/mol. The minimum Gasteiger partial charge on any atom is -0.353 e. The van der Waals surface area contributed by atoms with E-state index in [9.17, 15) is 4.79 Å². The average Bonchev–Trinajstić information content (AvgIpc) is 3.22. The smallest absolute Gasteiger partial charge is 0.319 e. The minimum absolute atomic E-state index is 0.0640. The first-order valence-corrected chi connectivity index (χ1v) is 9.26. The Morgan fingerprint density at radius 1 is 1.25 bits per heavy atom. The first-order valence-electron chi connectivity index (χ1n) is 9.26. The van der Waals surface area contributed by atoms with E-state index in [1.165, 1.54) is 6.33 Å². The third-order valence-electron chi connectivity index (χ3n) is 4.63. The summed E-state index contributed by atoms with van der Waals surface area (Å²) >= 11 is 0. The van der Waals surface area contributed by atoms with Gasteiger partial charge in [0.2, 0.25) is 0 Å². The summed E-state index contributed by atoms with van der Waals surface area (Å²) in [6.45, 7) is 2.24. The topological polar surface area (TPSA) is 101 Å². The molecule has 3 aromatic rings. The summed E-state index contributed by atoms with van der Waals surface area (Å²) in [7, 11) is 0. The van der Waals surface area contributed by atoms with Crippen LogP contribution in [0.15, 0.2) is 55.5 Å². The van der Waals surface area contributed by atoms with Crippen LogP contribution in [0.25, 0.3) is 0 Å². The highest BCUT2D eigenvalue weighted by molar-refractivity contribution is 5.89. The first-order chi connectivity index (χ1) is 13.8. The van der Waals surface area contributed by atoms with Crippen molar-refractivity contribution in [3.05, 3.63) is 61.1 Å². The molecule has 1 aliphatic rings. The Morgan fingerprint density at radius 3 is 3.04 bits per heavy atom. The predicted molar refractivity (Wildman–Crippen MR) is 105 cm³/mol. The van der Waals surface area contributed by atoms with Crippen molar-refractivity contribution in [2.24, 2.45) is 0 Å². The molecule has 1 atom stereocenters. The van der Waals surface area contributed by atoms with Crippen LogP contribution in [0.2, 0.25) is 0 Å². The van der Waals surface area contributed by atoms with Gasteiger partial charge in [-0.05, 0) is 30.5 Å². The zero-order valence-corrected chi connectivity index (χ0v) is 15.4. The molecule has 9 heteroatoms. The van der Waals surface area contributed by atoms with E-state index in [1.54, 1.807) is 29.6 Å². The van der Waals surface area contributed by atoms with Crippen molar-refractivity contribution in [1.29, 1.82) is 0 Å². The van der Waals surface area contributed by atoms with Gasteiger partial charge in [0.1, 0.15) is 18.5 Å². The molecule has 2 aromatic heterocycles. The number of nitrogens with zero attached hydrogens (tertiary/aromatic N) is 6. The summed E-state index contributed by atoms with van der Waals surface area (Å²) in [4.78, 5) is 27.0.